The minimum Gasteiger partial charge on any atom is -0.493 e. The molecule has 0 saturated heterocycles. The first kappa shape index (κ1) is 17.4. The van der Waals surface area contributed by atoms with E-state index in [0.717, 1.165) is 0 Å². The summed E-state index contributed by atoms with van der Waals surface area (Å²) in [6, 6.07) is 4.82. The topological polar surface area (TPSA) is 53.8 Å². The molecule has 0 aliphatic carbocycles. The number of thiocarbonyl (C=S) groups is 1. The Morgan fingerprint density at radius 1 is 1.43 bits per heavy atom. The number of rotatable bonds is 6. The normalized spacial score (nSPS) is 13.8. The first-order chi connectivity index (χ1) is 11.0. The van der Waals surface area contributed by atoms with E-state index >= 15 is 0 Å². The molecular weight excluding hydrogens is 339 g/mol. The first-order valence-electron chi connectivity index (χ1n) is 7.08. The van der Waals surface area contributed by atoms with Crippen molar-refractivity contribution >= 4 is 28.9 Å². The standard InChI is InChI=1S/C15H18ClFN4OS/c1-2-22-13-5-3-4-12(17)11(13)6-7-20-8-9-21(10-14(20)16)19-15(18)23/h3-5,8-10H,2,6-7H2,1H3,(H3,18,19,23). The van der Waals surface area contributed by atoms with Gasteiger partial charge in [-0.1, -0.05) is 17.7 Å². The van der Waals surface area contributed by atoms with E-state index in [2.05, 4.69) is 5.43 Å². The Morgan fingerprint density at radius 2 is 2.22 bits per heavy atom. The van der Waals surface area contributed by atoms with Gasteiger partial charge in [-0.3, -0.25) is 10.4 Å². The Hall–Kier alpha value is -1.99. The van der Waals surface area contributed by atoms with E-state index in [1.54, 1.807) is 40.6 Å². The number of hydrazine groups is 1. The lowest BCUT2D eigenvalue weighted by atomic mass is 10.1. The van der Waals surface area contributed by atoms with E-state index in [4.69, 9.17) is 34.3 Å². The van der Waals surface area contributed by atoms with Crippen molar-refractivity contribution in [1.29, 1.82) is 0 Å². The van der Waals surface area contributed by atoms with Crippen molar-refractivity contribution in [3.8, 4) is 5.75 Å². The van der Waals surface area contributed by atoms with E-state index in [0.29, 0.717) is 36.0 Å². The number of benzene rings is 1. The van der Waals surface area contributed by atoms with Crippen LogP contribution in [0.15, 0.2) is 42.0 Å². The zero-order chi connectivity index (χ0) is 16.8. The molecule has 0 atom stereocenters. The Morgan fingerprint density at radius 3 is 2.87 bits per heavy atom. The summed E-state index contributed by atoms with van der Waals surface area (Å²) < 4.78 is 19.5. The number of ether oxygens (including phenoxy) is 1. The fraction of sp³-hybridized carbons (Fsp3) is 0.267. The molecule has 0 aromatic heterocycles. The maximum atomic E-state index is 14.0. The average Bonchev–Trinajstić information content (AvgIpc) is 2.48. The summed E-state index contributed by atoms with van der Waals surface area (Å²) in [6.45, 7) is 2.86. The van der Waals surface area contributed by atoms with Gasteiger partial charge in [0.15, 0.2) is 5.11 Å². The molecule has 23 heavy (non-hydrogen) atoms. The number of hydrogen-bond donors (Lipinski definition) is 2. The van der Waals surface area contributed by atoms with Gasteiger partial charge in [0.2, 0.25) is 0 Å². The van der Waals surface area contributed by atoms with E-state index in [1.807, 2.05) is 6.92 Å². The fourth-order valence-corrected chi connectivity index (χ4v) is 2.49. The van der Waals surface area contributed by atoms with Crippen LogP contribution in [0, 0.1) is 5.82 Å². The zero-order valence-electron chi connectivity index (χ0n) is 12.6. The summed E-state index contributed by atoms with van der Waals surface area (Å²) in [5.41, 5.74) is 8.67. The SMILES string of the molecule is CCOc1cccc(F)c1CCN1C=CN(NC(N)=S)C=C1Cl. The highest BCUT2D eigenvalue weighted by molar-refractivity contribution is 7.80. The van der Waals surface area contributed by atoms with Crippen LogP contribution in [0.5, 0.6) is 5.75 Å². The van der Waals surface area contributed by atoms with Crippen molar-refractivity contribution in [3.05, 3.63) is 53.3 Å². The van der Waals surface area contributed by atoms with Gasteiger partial charge in [0.25, 0.3) is 0 Å². The predicted molar refractivity (Wildman–Crippen MR) is 92.8 cm³/mol. The highest BCUT2D eigenvalue weighted by Gasteiger charge is 2.15. The number of halogens is 2. The van der Waals surface area contributed by atoms with Gasteiger partial charge in [-0.25, -0.2) is 4.39 Å². The van der Waals surface area contributed by atoms with Gasteiger partial charge in [0.05, 0.1) is 12.8 Å². The lowest BCUT2D eigenvalue weighted by Gasteiger charge is -2.28. The van der Waals surface area contributed by atoms with Gasteiger partial charge in [0.1, 0.15) is 16.7 Å². The van der Waals surface area contributed by atoms with Crippen LogP contribution in [0.1, 0.15) is 12.5 Å². The molecule has 5 nitrogen and oxygen atoms in total. The largest absolute Gasteiger partial charge is 0.493 e. The minimum atomic E-state index is -0.284. The molecule has 3 N–H and O–H groups in total. The molecule has 1 heterocycles. The Labute approximate surface area is 145 Å². The molecule has 1 aliphatic heterocycles. The second-order valence-electron chi connectivity index (χ2n) is 4.73. The number of hydrogen-bond acceptors (Lipinski definition) is 4. The Balaban J connectivity index is 2.02. The quantitative estimate of drug-likeness (QED) is 0.603. The molecule has 0 amide bonds. The molecule has 0 bridgehead atoms. The van der Waals surface area contributed by atoms with Crippen LogP contribution in [-0.2, 0) is 6.42 Å². The Kier molecular flexibility index (Phi) is 6.06. The number of nitrogens with two attached hydrogens (primary N) is 1. The second-order valence-corrected chi connectivity index (χ2v) is 5.55. The summed E-state index contributed by atoms with van der Waals surface area (Å²) in [4.78, 5) is 1.79. The summed E-state index contributed by atoms with van der Waals surface area (Å²) in [5, 5.41) is 2.15. The smallest absolute Gasteiger partial charge is 0.183 e. The molecule has 0 unspecified atom stereocenters. The average molecular weight is 357 g/mol. The highest BCUT2D eigenvalue weighted by Crippen LogP contribution is 2.24. The van der Waals surface area contributed by atoms with Crippen LogP contribution in [0.2, 0.25) is 0 Å². The third-order valence-corrected chi connectivity index (χ3v) is 3.55. The van der Waals surface area contributed by atoms with Crippen molar-refractivity contribution in [2.45, 2.75) is 13.3 Å². The minimum absolute atomic E-state index is 0.136. The molecule has 8 heteroatoms. The van der Waals surface area contributed by atoms with E-state index < -0.39 is 0 Å². The maximum Gasteiger partial charge on any atom is 0.183 e. The zero-order valence-corrected chi connectivity index (χ0v) is 14.2. The molecule has 0 spiro atoms. The van der Waals surface area contributed by atoms with Crippen molar-refractivity contribution < 1.29 is 9.13 Å². The van der Waals surface area contributed by atoms with E-state index in [-0.39, 0.29) is 10.9 Å². The van der Waals surface area contributed by atoms with Crippen molar-refractivity contribution in [1.82, 2.24) is 15.3 Å². The van der Waals surface area contributed by atoms with Crippen molar-refractivity contribution in [2.75, 3.05) is 13.2 Å². The molecule has 1 aromatic rings. The van der Waals surface area contributed by atoms with Crippen LogP contribution < -0.4 is 15.9 Å². The van der Waals surface area contributed by atoms with Crippen LogP contribution in [0.25, 0.3) is 0 Å². The molecular formula is C15H18ClFN4OS. The third-order valence-electron chi connectivity index (χ3n) is 3.14. The molecule has 1 aliphatic rings. The van der Waals surface area contributed by atoms with E-state index in [1.165, 1.54) is 6.07 Å². The van der Waals surface area contributed by atoms with Gasteiger partial charge in [-0.15, -0.1) is 0 Å². The lowest BCUT2D eigenvalue weighted by molar-refractivity contribution is 0.330. The molecule has 1 aromatic carbocycles. The summed E-state index contributed by atoms with van der Waals surface area (Å²) in [7, 11) is 0. The van der Waals surface area contributed by atoms with Gasteiger partial charge in [-0.05, 0) is 37.7 Å². The molecule has 0 radical (unpaired) electrons. The highest BCUT2D eigenvalue weighted by atomic mass is 35.5. The van der Waals surface area contributed by atoms with Crippen LogP contribution in [0.4, 0.5) is 4.39 Å². The van der Waals surface area contributed by atoms with E-state index in [9.17, 15) is 4.39 Å². The Bertz CT molecular complexity index is 638. The maximum absolute atomic E-state index is 14.0. The second kappa shape index (κ2) is 8.03. The summed E-state index contributed by atoms with van der Waals surface area (Å²) in [6.07, 6.45) is 5.56. The van der Waals surface area contributed by atoms with Gasteiger partial charge >= 0.3 is 0 Å². The van der Waals surface area contributed by atoms with Crippen molar-refractivity contribution in [2.24, 2.45) is 5.73 Å². The van der Waals surface area contributed by atoms with Crippen LogP contribution in [0.3, 0.4) is 0 Å². The molecule has 0 saturated carbocycles. The molecule has 2 rings (SSSR count). The van der Waals surface area contributed by atoms with Gasteiger partial charge in [0, 0.05) is 24.5 Å². The number of nitrogens with zero attached hydrogens (tertiary/aromatic N) is 2. The van der Waals surface area contributed by atoms with Crippen LogP contribution in [-0.4, -0.2) is 28.2 Å². The summed E-state index contributed by atoms with van der Waals surface area (Å²) >= 11 is 11.0. The lowest BCUT2D eigenvalue weighted by Crippen LogP contribution is -2.40. The third kappa shape index (κ3) is 4.74. The van der Waals surface area contributed by atoms with Crippen molar-refractivity contribution in [3.63, 3.8) is 0 Å². The number of nitrogens with one attached hydrogen (secondary N) is 1. The molecule has 124 valence electrons. The molecule has 0 fully saturated rings. The predicted octanol–water partition coefficient (Wildman–Crippen LogP) is 2.64. The van der Waals surface area contributed by atoms with Crippen LogP contribution >= 0.6 is 23.8 Å². The monoisotopic (exact) mass is 356 g/mol. The fourth-order valence-electron chi connectivity index (χ4n) is 2.14. The van der Waals surface area contributed by atoms with Gasteiger partial charge < -0.3 is 15.4 Å². The summed E-state index contributed by atoms with van der Waals surface area (Å²) in [5.74, 6) is 0.277. The first-order valence-corrected chi connectivity index (χ1v) is 7.86. The van der Waals surface area contributed by atoms with Gasteiger partial charge in [-0.2, -0.15) is 0 Å².